The average Bonchev–Trinajstić information content (AvgIpc) is 3.07. The highest BCUT2D eigenvalue weighted by molar-refractivity contribution is 7.04. The highest BCUT2D eigenvalue weighted by atomic mass is 32.1. The first-order valence-electron chi connectivity index (χ1n) is 8.16. The zero-order valence-corrected chi connectivity index (χ0v) is 15.5. The van der Waals surface area contributed by atoms with E-state index in [2.05, 4.69) is 4.37 Å². The third-order valence-corrected chi connectivity index (χ3v) is 4.51. The van der Waals surface area contributed by atoms with Gasteiger partial charge in [0.05, 0.1) is 35.3 Å². The second-order valence-electron chi connectivity index (χ2n) is 6.83. The molecule has 27 heavy (non-hydrogen) atoms. The SMILES string of the molecule is CC(C)(O)CN1C(c2ccc(C(F)(F)F)cc2)=CCC(=O)N1c1cnsc1. The van der Waals surface area contributed by atoms with Crippen molar-refractivity contribution in [3.05, 3.63) is 53.0 Å². The summed E-state index contributed by atoms with van der Waals surface area (Å²) in [6.45, 7) is 3.27. The molecule has 0 unspecified atom stereocenters. The van der Waals surface area contributed by atoms with Crippen LogP contribution in [0.1, 0.15) is 31.4 Å². The number of hydrogen-bond acceptors (Lipinski definition) is 5. The highest BCUT2D eigenvalue weighted by Gasteiger charge is 2.34. The predicted octanol–water partition coefficient (Wildman–Crippen LogP) is 3.93. The topological polar surface area (TPSA) is 56.7 Å². The van der Waals surface area contributed by atoms with Crippen molar-refractivity contribution in [3.63, 3.8) is 0 Å². The number of hydrazine groups is 1. The molecule has 3 rings (SSSR count). The molecule has 0 bridgehead atoms. The first-order valence-corrected chi connectivity index (χ1v) is 9.00. The molecular formula is C18H18F3N3O2S. The molecule has 1 aliphatic rings. The Morgan fingerprint density at radius 1 is 1.22 bits per heavy atom. The van der Waals surface area contributed by atoms with E-state index in [1.807, 2.05) is 0 Å². The zero-order valence-electron chi connectivity index (χ0n) is 14.7. The van der Waals surface area contributed by atoms with E-state index in [4.69, 9.17) is 0 Å². The molecule has 1 amide bonds. The molecular weight excluding hydrogens is 379 g/mol. The van der Waals surface area contributed by atoms with Gasteiger partial charge in [0.1, 0.15) is 0 Å². The number of carbonyl (C=O) groups excluding carboxylic acids is 1. The van der Waals surface area contributed by atoms with Crippen LogP contribution in [0, 0.1) is 0 Å². The largest absolute Gasteiger partial charge is 0.416 e. The maximum Gasteiger partial charge on any atom is 0.416 e. The zero-order chi connectivity index (χ0) is 19.8. The highest BCUT2D eigenvalue weighted by Crippen LogP contribution is 2.34. The fourth-order valence-corrected chi connectivity index (χ4v) is 3.32. The van der Waals surface area contributed by atoms with E-state index in [-0.39, 0.29) is 18.9 Å². The molecule has 5 nitrogen and oxygen atoms in total. The molecule has 9 heteroatoms. The number of aliphatic hydroxyl groups is 1. The molecule has 0 saturated carbocycles. The summed E-state index contributed by atoms with van der Waals surface area (Å²) in [6.07, 6.45) is -1.13. The molecule has 1 aromatic carbocycles. The van der Waals surface area contributed by atoms with Crippen LogP contribution in [0.5, 0.6) is 0 Å². The van der Waals surface area contributed by atoms with Gasteiger partial charge in [0.2, 0.25) is 5.91 Å². The number of aromatic nitrogens is 1. The number of alkyl halides is 3. The first kappa shape index (κ1) is 19.4. The van der Waals surface area contributed by atoms with Gasteiger partial charge >= 0.3 is 6.18 Å². The summed E-state index contributed by atoms with van der Waals surface area (Å²) in [5.74, 6) is -0.213. The molecule has 2 aromatic rings. The number of carbonyl (C=O) groups is 1. The molecule has 2 heterocycles. The van der Waals surface area contributed by atoms with Crippen molar-refractivity contribution in [2.45, 2.75) is 32.0 Å². The molecule has 0 spiro atoms. The van der Waals surface area contributed by atoms with Gasteiger partial charge in [-0.25, -0.2) is 5.01 Å². The molecule has 1 N–H and O–H groups in total. The second-order valence-corrected chi connectivity index (χ2v) is 7.48. The van der Waals surface area contributed by atoms with Crippen LogP contribution in [-0.2, 0) is 11.0 Å². The standard InChI is InChI=1S/C18H18F3N3O2S/c1-17(2,26)11-23-15(12-3-5-13(6-4-12)18(19,20)21)7-8-16(25)24(23)14-9-22-27-10-14/h3-7,9-10,26H,8,11H2,1-2H3. The van der Waals surface area contributed by atoms with E-state index < -0.39 is 17.3 Å². The first-order chi connectivity index (χ1) is 12.6. The van der Waals surface area contributed by atoms with Crippen molar-refractivity contribution >= 4 is 28.8 Å². The third kappa shape index (κ3) is 4.30. The van der Waals surface area contributed by atoms with Crippen LogP contribution in [0.4, 0.5) is 18.9 Å². The third-order valence-electron chi connectivity index (χ3n) is 3.93. The van der Waals surface area contributed by atoms with Gasteiger partial charge in [0.15, 0.2) is 0 Å². The van der Waals surface area contributed by atoms with Crippen LogP contribution >= 0.6 is 11.5 Å². The number of nitrogens with zero attached hydrogens (tertiary/aromatic N) is 3. The lowest BCUT2D eigenvalue weighted by Crippen LogP contribution is -2.52. The van der Waals surface area contributed by atoms with Crippen LogP contribution in [-0.4, -0.2) is 32.5 Å². The lowest BCUT2D eigenvalue weighted by molar-refractivity contribution is -0.137. The summed E-state index contributed by atoms with van der Waals surface area (Å²) in [4.78, 5) is 12.5. The second kappa shape index (κ2) is 6.97. The monoisotopic (exact) mass is 397 g/mol. The van der Waals surface area contributed by atoms with Crippen LogP contribution in [0.15, 0.2) is 41.9 Å². The number of benzene rings is 1. The minimum absolute atomic E-state index is 0.0709. The molecule has 1 aromatic heterocycles. The number of anilines is 1. The molecule has 1 aliphatic heterocycles. The lowest BCUT2D eigenvalue weighted by atomic mass is 10.0. The number of amides is 1. The maximum absolute atomic E-state index is 12.8. The van der Waals surface area contributed by atoms with E-state index in [9.17, 15) is 23.1 Å². The van der Waals surface area contributed by atoms with Gasteiger partial charge in [0, 0.05) is 11.8 Å². The van der Waals surface area contributed by atoms with Gasteiger partial charge in [-0.1, -0.05) is 12.1 Å². The summed E-state index contributed by atoms with van der Waals surface area (Å²) in [5, 5.41) is 15.0. The van der Waals surface area contributed by atoms with Crippen LogP contribution in [0.2, 0.25) is 0 Å². The fourth-order valence-electron chi connectivity index (χ4n) is 2.82. The minimum Gasteiger partial charge on any atom is -0.389 e. The van der Waals surface area contributed by atoms with Crippen molar-refractivity contribution in [1.82, 2.24) is 9.38 Å². The van der Waals surface area contributed by atoms with E-state index in [1.54, 1.807) is 30.3 Å². The fraction of sp³-hybridized carbons (Fsp3) is 0.333. The van der Waals surface area contributed by atoms with Crippen molar-refractivity contribution in [2.75, 3.05) is 11.6 Å². The summed E-state index contributed by atoms with van der Waals surface area (Å²) in [6, 6.07) is 4.74. The van der Waals surface area contributed by atoms with Crippen molar-refractivity contribution < 1.29 is 23.1 Å². The Labute approximate surface area is 158 Å². The van der Waals surface area contributed by atoms with Crippen LogP contribution < -0.4 is 5.01 Å². The van der Waals surface area contributed by atoms with E-state index >= 15 is 0 Å². The van der Waals surface area contributed by atoms with Gasteiger partial charge in [-0.05, 0) is 49.2 Å². The molecule has 0 atom stereocenters. The molecule has 0 radical (unpaired) electrons. The smallest absolute Gasteiger partial charge is 0.389 e. The summed E-state index contributed by atoms with van der Waals surface area (Å²) in [5.41, 5.74) is -0.271. The minimum atomic E-state index is -4.42. The predicted molar refractivity (Wildman–Crippen MR) is 96.6 cm³/mol. The van der Waals surface area contributed by atoms with E-state index in [0.29, 0.717) is 16.9 Å². The number of β-amino-alcohol motifs (C(OH)–C–C–N with tert-alkyl or cyclic N) is 1. The Morgan fingerprint density at radius 2 is 1.89 bits per heavy atom. The molecule has 0 aliphatic carbocycles. The van der Waals surface area contributed by atoms with Gasteiger partial charge in [0.25, 0.3) is 0 Å². The van der Waals surface area contributed by atoms with Gasteiger partial charge in [-0.3, -0.25) is 9.80 Å². The van der Waals surface area contributed by atoms with Crippen molar-refractivity contribution in [2.24, 2.45) is 0 Å². The maximum atomic E-state index is 12.8. The number of rotatable bonds is 4. The Morgan fingerprint density at radius 3 is 2.41 bits per heavy atom. The Kier molecular flexibility index (Phi) is 5.00. The number of hydrogen-bond donors (Lipinski definition) is 1. The Hall–Kier alpha value is -2.39. The van der Waals surface area contributed by atoms with Gasteiger partial charge < -0.3 is 5.11 Å². The summed E-state index contributed by atoms with van der Waals surface area (Å²) >= 11 is 1.18. The van der Waals surface area contributed by atoms with Crippen LogP contribution in [0.25, 0.3) is 5.70 Å². The number of halogens is 3. The van der Waals surface area contributed by atoms with E-state index in [0.717, 1.165) is 12.1 Å². The quantitative estimate of drug-likeness (QED) is 0.850. The average molecular weight is 397 g/mol. The molecule has 0 saturated heterocycles. The van der Waals surface area contributed by atoms with Crippen molar-refractivity contribution in [3.8, 4) is 0 Å². The van der Waals surface area contributed by atoms with Gasteiger partial charge in [-0.15, -0.1) is 0 Å². The van der Waals surface area contributed by atoms with Crippen LogP contribution in [0.3, 0.4) is 0 Å². The van der Waals surface area contributed by atoms with E-state index in [1.165, 1.54) is 34.9 Å². The van der Waals surface area contributed by atoms with Crippen molar-refractivity contribution in [1.29, 1.82) is 0 Å². The normalized spacial score (nSPS) is 15.9. The lowest BCUT2D eigenvalue weighted by Gasteiger charge is -2.42. The molecule has 144 valence electrons. The molecule has 0 fully saturated rings. The van der Waals surface area contributed by atoms with Gasteiger partial charge in [-0.2, -0.15) is 17.5 Å². The Balaban J connectivity index is 2.02. The summed E-state index contributed by atoms with van der Waals surface area (Å²) < 4.78 is 42.5. The summed E-state index contributed by atoms with van der Waals surface area (Å²) in [7, 11) is 0. The Bertz CT molecular complexity index is 840.